The number of ether oxygens (including phenoxy) is 1. The fourth-order valence-electron chi connectivity index (χ4n) is 3.25. The second-order valence-electron chi connectivity index (χ2n) is 6.23. The number of aliphatic imine (C=N–C) groups is 1. The van der Waals surface area contributed by atoms with E-state index < -0.39 is 4.92 Å². The summed E-state index contributed by atoms with van der Waals surface area (Å²) in [5.74, 6) is 0.821. The molecule has 0 bridgehead atoms. The maximum Gasteiger partial charge on any atom is 0.270 e. The average molecular weight is 482 g/mol. The minimum atomic E-state index is -0.440. The molecule has 1 aliphatic rings. The summed E-state index contributed by atoms with van der Waals surface area (Å²) in [7, 11) is 1.52. The zero-order valence-electron chi connectivity index (χ0n) is 15.1. The Morgan fingerprint density at radius 2 is 2.07 bits per heavy atom. The minimum Gasteiger partial charge on any atom is -0.496 e. The maximum atomic E-state index is 11.0. The number of nitrogens with two attached hydrogens (primary N) is 1. The third kappa shape index (κ3) is 5.09. The van der Waals surface area contributed by atoms with Gasteiger partial charge in [-0.2, -0.15) is 0 Å². The lowest BCUT2D eigenvalue weighted by atomic mass is 9.90. The number of halogens is 1. The maximum absolute atomic E-state index is 11.0. The van der Waals surface area contributed by atoms with Crippen molar-refractivity contribution in [2.75, 3.05) is 12.4 Å². The number of fused-ring (bicyclic) bond motifs is 1. The smallest absolute Gasteiger partial charge is 0.270 e. The minimum absolute atomic E-state index is 0. The summed E-state index contributed by atoms with van der Waals surface area (Å²) >= 11 is 0. The largest absolute Gasteiger partial charge is 0.496 e. The van der Waals surface area contributed by atoms with Gasteiger partial charge in [-0.15, -0.1) is 24.0 Å². The van der Waals surface area contributed by atoms with Gasteiger partial charge >= 0.3 is 0 Å². The van der Waals surface area contributed by atoms with Gasteiger partial charge in [0.2, 0.25) is 0 Å². The molecule has 3 rings (SSSR count). The van der Waals surface area contributed by atoms with Crippen LogP contribution in [0.4, 0.5) is 11.4 Å². The second-order valence-corrected chi connectivity index (χ2v) is 6.23. The summed E-state index contributed by atoms with van der Waals surface area (Å²) in [6.07, 6.45) is 4.51. The highest BCUT2D eigenvalue weighted by molar-refractivity contribution is 14.0. The number of rotatable bonds is 5. The van der Waals surface area contributed by atoms with Gasteiger partial charge < -0.3 is 15.8 Å². The van der Waals surface area contributed by atoms with E-state index in [9.17, 15) is 10.1 Å². The van der Waals surface area contributed by atoms with Gasteiger partial charge in [0.25, 0.3) is 5.69 Å². The molecule has 0 fully saturated rings. The van der Waals surface area contributed by atoms with Gasteiger partial charge in [0.15, 0.2) is 5.96 Å². The number of hydrogen-bond acceptors (Lipinski definition) is 4. The number of benzene rings is 2. The Hall–Kier alpha value is -2.36. The summed E-state index contributed by atoms with van der Waals surface area (Å²) in [4.78, 5) is 14.8. The Morgan fingerprint density at radius 1 is 1.30 bits per heavy atom. The molecular formula is C19H23IN4O3. The van der Waals surface area contributed by atoms with Crippen LogP contribution < -0.4 is 15.8 Å². The zero-order valence-corrected chi connectivity index (χ0v) is 17.4. The number of non-ortho nitro benzene ring substituents is 1. The lowest BCUT2D eigenvalue weighted by Crippen LogP contribution is -2.24. The summed E-state index contributed by atoms with van der Waals surface area (Å²) in [6.45, 7) is 0.193. The predicted molar refractivity (Wildman–Crippen MR) is 117 cm³/mol. The van der Waals surface area contributed by atoms with Crippen molar-refractivity contribution in [2.45, 2.75) is 32.2 Å². The van der Waals surface area contributed by atoms with Gasteiger partial charge in [-0.1, -0.05) is 12.1 Å². The molecule has 0 aromatic heterocycles. The molecule has 0 atom stereocenters. The van der Waals surface area contributed by atoms with E-state index in [1.807, 2.05) is 12.1 Å². The van der Waals surface area contributed by atoms with Crippen molar-refractivity contribution in [1.82, 2.24) is 0 Å². The second kappa shape index (κ2) is 9.54. The first-order valence-electron chi connectivity index (χ1n) is 8.57. The van der Waals surface area contributed by atoms with Crippen molar-refractivity contribution >= 4 is 41.3 Å². The Bertz CT molecular complexity index is 855. The zero-order chi connectivity index (χ0) is 18.5. The molecular weight excluding hydrogens is 459 g/mol. The fraction of sp³-hybridized carbons (Fsp3) is 0.316. The molecule has 0 aliphatic heterocycles. The van der Waals surface area contributed by atoms with E-state index in [1.165, 1.54) is 43.2 Å². The van der Waals surface area contributed by atoms with E-state index in [2.05, 4.69) is 16.4 Å². The number of nitro benzene ring substituents is 1. The first-order chi connectivity index (χ1) is 12.6. The molecule has 7 nitrogen and oxygen atoms in total. The van der Waals surface area contributed by atoms with Crippen LogP contribution in [0.1, 0.15) is 29.5 Å². The van der Waals surface area contributed by atoms with Gasteiger partial charge in [0, 0.05) is 23.4 Å². The molecule has 8 heteroatoms. The van der Waals surface area contributed by atoms with Gasteiger partial charge in [0.1, 0.15) is 5.75 Å². The number of anilines is 1. The molecule has 144 valence electrons. The van der Waals surface area contributed by atoms with Gasteiger partial charge in [-0.3, -0.25) is 10.1 Å². The molecule has 0 heterocycles. The number of methoxy groups -OCH3 is 1. The van der Waals surface area contributed by atoms with Crippen LogP contribution in [-0.2, 0) is 19.4 Å². The highest BCUT2D eigenvalue weighted by Crippen LogP contribution is 2.28. The van der Waals surface area contributed by atoms with E-state index >= 15 is 0 Å². The molecule has 0 radical (unpaired) electrons. The lowest BCUT2D eigenvalue weighted by Gasteiger charge is -2.19. The van der Waals surface area contributed by atoms with Gasteiger partial charge in [-0.05, 0) is 48.9 Å². The molecule has 0 amide bonds. The monoisotopic (exact) mass is 482 g/mol. The molecule has 0 unspecified atom stereocenters. The molecule has 0 saturated heterocycles. The number of aryl methyl sites for hydroxylation is 1. The van der Waals surface area contributed by atoms with Crippen molar-refractivity contribution in [3.05, 3.63) is 63.2 Å². The van der Waals surface area contributed by atoms with Crippen molar-refractivity contribution in [2.24, 2.45) is 10.7 Å². The van der Waals surface area contributed by atoms with E-state index in [1.54, 1.807) is 6.07 Å². The summed E-state index contributed by atoms with van der Waals surface area (Å²) in [6, 6.07) is 10.6. The SMILES string of the molecule is COc1ccc([N+](=O)[O-])cc1CN=C(N)Nc1cccc2c1CCCC2.I. The highest BCUT2D eigenvalue weighted by Gasteiger charge is 2.14. The third-order valence-electron chi connectivity index (χ3n) is 4.55. The predicted octanol–water partition coefficient (Wildman–Crippen LogP) is 4.03. The number of guanidine groups is 1. The summed E-state index contributed by atoms with van der Waals surface area (Å²) in [5, 5.41) is 14.1. The Morgan fingerprint density at radius 3 is 2.81 bits per heavy atom. The molecule has 1 aliphatic carbocycles. The summed E-state index contributed by atoms with van der Waals surface area (Å²) < 4.78 is 5.25. The molecule has 3 N–H and O–H groups in total. The lowest BCUT2D eigenvalue weighted by molar-refractivity contribution is -0.384. The molecule has 27 heavy (non-hydrogen) atoms. The van der Waals surface area contributed by atoms with E-state index in [4.69, 9.17) is 10.5 Å². The van der Waals surface area contributed by atoms with Crippen LogP contribution in [0.3, 0.4) is 0 Å². The van der Waals surface area contributed by atoms with Crippen LogP contribution in [0, 0.1) is 10.1 Å². The molecule has 2 aromatic rings. The van der Waals surface area contributed by atoms with E-state index in [-0.39, 0.29) is 42.2 Å². The topological polar surface area (TPSA) is 103 Å². The first kappa shape index (κ1) is 20.9. The van der Waals surface area contributed by atoms with Crippen LogP contribution in [0.5, 0.6) is 5.75 Å². The molecule has 2 aromatic carbocycles. The van der Waals surface area contributed by atoms with Crippen LogP contribution >= 0.6 is 24.0 Å². The average Bonchev–Trinajstić information content (AvgIpc) is 2.66. The van der Waals surface area contributed by atoms with Crippen molar-refractivity contribution < 1.29 is 9.66 Å². The Kier molecular flexibility index (Phi) is 7.40. The number of nitrogens with zero attached hydrogens (tertiary/aromatic N) is 2. The van der Waals surface area contributed by atoms with E-state index in [0.29, 0.717) is 11.3 Å². The van der Waals surface area contributed by atoms with Gasteiger partial charge in [0.05, 0.1) is 18.6 Å². The van der Waals surface area contributed by atoms with Crippen molar-refractivity contribution in [3.63, 3.8) is 0 Å². The highest BCUT2D eigenvalue weighted by atomic mass is 127. The van der Waals surface area contributed by atoms with Crippen molar-refractivity contribution in [1.29, 1.82) is 0 Å². The fourth-order valence-corrected chi connectivity index (χ4v) is 3.25. The van der Waals surface area contributed by atoms with Crippen LogP contribution in [0.25, 0.3) is 0 Å². The number of nitrogens with one attached hydrogen (secondary N) is 1. The standard InChI is InChI=1S/C19H22N4O3.HI/c1-26-18-10-9-15(23(24)25)11-14(18)12-21-19(20)22-17-8-4-6-13-5-2-3-7-16(13)17;/h4,6,8-11H,2-3,5,7,12H2,1H3,(H3,20,21,22);1H. The van der Waals surface area contributed by atoms with E-state index in [0.717, 1.165) is 18.5 Å². The first-order valence-corrected chi connectivity index (χ1v) is 8.57. The quantitative estimate of drug-likeness (QED) is 0.220. The normalized spacial score (nSPS) is 13.3. The number of nitro groups is 1. The third-order valence-corrected chi connectivity index (χ3v) is 4.55. The number of hydrogen-bond donors (Lipinski definition) is 2. The van der Waals surface area contributed by atoms with Gasteiger partial charge in [-0.25, -0.2) is 4.99 Å². The van der Waals surface area contributed by atoms with Crippen molar-refractivity contribution in [3.8, 4) is 5.75 Å². The Labute approximate surface area is 175 Å². The summed E-state index contributed by atoms with van der Waals surface area (Å²) in [5.41, 5.74) is 10.3. The van der Waals surface area contributed by atoms with Crippen LogP contribution in [0.15, 0.2) is 41.4 Å². The molecule has 0 spiro atoms. The Balaban J connectivity index is 0.00000261. The van der Waals surface area contributed by atoms with Crippen LogP contribution in [-0.4, -0.2) is 18.0 Å². The van der Waals surface area contributed by atoms with Crippen LogP contribution in [0.2, 0.25) is 0 Å². The molecule has 0 saturated carbocycles.